The van der Waals surface area contributed by atoms with Crippen molar-refractivity contribution in [2.24, 2.45) is 0 Å². The number of nitrogens with one attached hydrogen (secondary N) is 1. The third-order valence-electron chi connectivity index (χ3n) is 3.18. The first-order valence-electron chi connectivity index (χ1n) is 5.09. The van der Waals surface area contributed by atoms with E-state index in [1.165, 1.54) is 10.9 Å². The highest BCUT2D eigenvalue weighted by Gasteiger charge is 2.31. The molecule has 0 radical (unpaired) electrons. The fraction of sp³-hybridized carbons (Fsp3) is 0.250. The topological polar surface area (TPSA) is 53.1 Å². The van der Waals surface area contributed by atoms with Gasteiger partial charge < -0.3 is 10.1 Å². The number of rotatable bonds is 1. The average Bonchev–Trinajstić information content (AvgIpc) is 2.74. The lowest BCUT2D eigenvalue weighted by atomic mass is 10.1. The van der Waals surface area contributed by atoms with Crippen LogP contribution in [-0.2, 0) is 11.2 Å². The molecule has 1 aliphatic rings. The molecule has 1 aliphatic carbocycles. The van der Waals surface area contributed by atoms with Crippen LogP contribution in [0.5, 0.6) is 0 Å². The Morgan fingerprint density at radius 3 is 3.00 bits per heavy atom. The molecule has 0 fully saturated rings. The zero-order valence-corrected chi connectivity index (χ0v) is 8.16. The Kier molecular flexibility index (Phi) is 1.63. The number of aryl methyl sites for hydroxylation is 1. The van der Waals surface area contributed by atoms with Crippen molar-refractivity contribution in [2.75, 3.05) is 0 Å². The minimum atomic E-state index is -0.722. The van der Waals surface area contributed by atoms with E-state index in [0.717, 1.165) is 24.1 Å². The molecule has 15 heavy (non-hydrogen) atoms. The summed E-state index contributed by atoms with van der Waals surface area (Å²) < 4.78 is 0. The average molecular weight is 201 g/mol. The molecule has 76 valence electrons. The molecule has 1 unspecified atom stereocenters. The molecule has 1 heterocycles. The van der Waals surface area contributed by atoms with Crippen LogP contribution in [-0.4, -0.2) is 16.1 Å². The van der Waals surface area contributed by atoms with Gasteiger partial charge in [0.2, 0.25) is 0 Å². The highest BCUT2D eigenvalue weighted by Crippen LogP contribution is 2.37. The number of aliphatic carboxylic acids is 1. The summed E-state index contributed by atoms with van der Waals surface area (Å²) in [5.74, 6) is -1.06. The smallest absolute Gasteiger partial charge is 0.312 e. The van der Waals surface area contributed by atoms with E-state index in [1.54, 1.807) is 0 Å². The highest BCUT2D eigenvalue weighted by molar-refractivity contribution is 5.89. The van der Waals surface area contributed by atoms with Gasteiger partial charge >= 0.3 is 5.97 Å². The first-order chi connectivity index (χ1) is 7.27. The second kappa shape index (κ2) is 2.86. The Morgan fingerprint density at radius 2 is 2.20 bits per heavy atom. The zero-order chi connectivity index (χ0) is 10.4. The summed E-state index contributed by atoms with van der Waals surface area (Å²) in [4.78, 5) is 14.2. The molecule has 0 saturated heterocycles. The lowest BCUT2D eigenvalue weighted by molar-refractivity contribution is -0.138. The van der Waals surface area contributed by atoms with Crippen molar-refractivity contribution < 1.29 is 9.90 Å². The van der Waals surface area contributed by atoms with Crippen molar-refractivity contribution in [3.05, 3.63) is 35.5 Å². The number of carboxylic acids is 1. The van der Waals surface area contributed by atoms with Gasteiger partial charge in [-0.1, -0.05) is 18.2 Å². The molecule has 1 aromatic carbocycles. The van der Waals surface area contributed by atoms with E-state index in [9.17, 15) is 4.79 Å². The van der Waals surface area contributed by atoms with Gasteiger partial charge in [0.05, 0.1) is 5.92 Å². The van der Waals surface area contributed by atoms with Crippen molar-refractivity contribution in [1.82, 2.24) is 4.98 Å². The predicted octanol–water partition coefficient (Wildman–Crippen LogP) is 2.28. The molecule has 3 rings (SSSR count). The molecule has 1 aromatic heterocycles. The Hall–Kier alpha value is -1.77. The van der Waals surface area contributed by atoms with Gasteiger partial charge in [0, 0.05) is 16.6 Å². The minimum absolute atomic E-state index is 0.340. The molecule has 0 saturated carbocycles. The fourth-order valence-corrected chi connectivity index (χ4v) is 2.47. The van der Waals surface area contributed by atoms with E-state index in [1.807, 2.05) is 18.2 Å². The summed E-state index contributed by atoms with van der Waals surface area (Å²) in [5.41, 5.74) is 3.15. The number of benzene rings is 1. The summed E-state index contributed by atoms with van der Waals surface area (Å²) in [5, 5.41) is 10.2. The van der Waals surface area contributed by atoms with Crippen LogP contribution in [0.1, 0.15) is 23.6 Å². The van der Waals surface area contributed by atoms with Gasteiger partial charge in [-0.15, -0.1) is 0 Å². The van der Waals surface area contributed by atoms with Crippen LogP contribution in [0.2, 0.25) is 0 Å². The van der Waals surface area contributed by atoms with E-state index in [2.05, 4.69) is 11.1 Å². The number of fused-ring (bicyclic) bond motifs is 3. The van der Waals surface area contributed by atoms with Gasteiger partial charge in [0.15, 0.2) is 0 Å². The van der Waals surface area contributed by atoms with Crippen LogP contribution in [0.4, 0.5) is 0 Å². The fourth-order valence-electron chi connectivity index (χ4n) is 2.47. The van der Waals surface area contributed by atoms with Crippen LogP contribution in [0.3, 0.4) is 0 Å². The quantitative estimate of drug-likeness (QED) is 0.743. The molecule has 0 amide bonds. The molecule has 3 heteroatoms. The van der Waals surface area contributed by atoms with Crippen molar-refractivity contribution in [1.29, 1.82) is 0 Å². The van der Waals surface area contributed by atoms with Gasteiger partial charge in [0.1, 0.15) is 0 Å². The normalized spacial score (nSPS) is 19.3. The standard InChI is InChI=1S/C12H11NO2/c14-12(15)9-6-5-8-7-3-1-2-4-10(7)13-11(8)9/h1-4,9,13H,5-6H2,(H,14,15). The molecular weight excluding hydrogens is 190 g/mol. The Balaban J connectivity index is 2.25. The van der Waals surface area contributed by atoms with Crippen LogP contribution < -0.4 is 0 Å². The Bertz CT molecular complexity index is 542. The highest BCUT2D eigenvalue weighted by atomic mass is 16.4. The van der Waals surface area contributed by atoms with Crippen LogP contribution in [0.25, 0.3) is 10.9 Å². The SMILES string of the molecule is O=C(O)C1CCc2c1[nH]c1ccccc21. The summed E-state index contributed by atoms with van der Waals surface area (Å²) in [7, 11) is 0. The van der Waals surface area contributed by atoms with Gasteiger partial charge in [-0.2, -0.15) is 0 Å². The number of hydrogen-bond acceptors (Lipinski definition) is 1. The van der Waals surface area contributed by atoms with Gasteiger partial charge in [0.25, 0.3) is 0 Å². The van der Waals surface area contributed by atoms with Crippen molar-refractivity contribution >= 4 is 16.9 Å². The van der Waals surface area contributed by atoms with E-state index in [0.29, 0.717) is 0 Å². The second-order valence-electron chi connectivity index (χ2n) is 3.99. The first-order valence-corrected chi connectivity index (χ1v) is 5.09. The Morgan fingerprint density at radius 1 is 1.40 bits per heavy atom. The summed E-state index contributed by atoms with van der Waals surface area (Å²) in [6.45, 7) is 0. The number of carbonyl (C=O) groups is 1. The van der Waals surface area contributed by atoms with E-state index >= 15 is 0 Å². The lowest BCUT2D eigenvalue weighted by Gasteiger charge is -2.01. The van der Waals surface area contributed by atoms with Crippen molar-refractivity contribution in [3.63, 3.8) is 0 Å². The number of aromatic amines is 1. The predicted molar refractivity (Wildman–Crippen MR) is 57.0 cm³/mol. The maximum atomic E-state index is 11.0. The minimum Gasteiger partial charge on any atom is -0.481 e. The number of H-pyrrole nitrogens is 1. The number of hydrogen-bond donors (Lipinski definition) is 2. The number of aromatic nitrogens is 1. The Labute approximate surface area is 86.7 Å². The van der Waals surface area contributed by atoms with E-state index in [4.69, 9.17) is 5.11 Å². The van der Waals surface area contributed by atoms with Gasteiger partial charge in [-0.05, 0) is 24.5 Å². The van der Waals surface area contributed by atoms with Crippen LogP contribution >= 0.6 is 0 Å². The summed E-state index contributed by atoms with van der Waals surface area (Å²) in [6, 6.07) is 8.00. The van der Waals surface area contributed by atoms with Crippen LogP contribution in [0.15, 0.2) is 24.3 Å². The van der Waals surface area contributed by atoms with Crippen molar-refractivity contribution in [3.8, 4) is 0 Å². The molecule has 1 atom stereocenters. The largest absolute Gasteiger partial charge is 0.481 e. The maximum absolute atomic E-state index is 11.0. The summed E-state index contributed by atoms with van der Waals surface area (Å²) >= 11 is 0. The van der Waals surface area contributed by atoms with E-state index in [-0.39, 0.29) is 5.92 Å². The molecule has 0 aliphatic heterocycles. The zero-order valence-electron chi connectivity index (χ0n) is 8.16. The number of carboxylic acid groups (broad SMARTS) is 1. The molecule has 2 N–H and O–H groups in total. The van der Waals surface area contributed by atoms with E-state index < -0.39 is 5.97 Å². The number of para-hydroxylation sites is 1. The van der Waals surface area contributed by atoms with Crippen LogP contribution in [0, 0.1) is 0 Å². The van der Waals surface area contributed by atoms with Gasteiger partial charge in [-0.25, -0.2) is 0 Å². The third-order valence-corrected chi connectivity index (χ3v) is 3.18. The molecule has 2 aromatic rings. The van der Waals surface area contributed by atoms with Crippen molar-refractivity contribution in [2.45, 2.75) is 18.8 Å². The summed E-state index contributed by atoms with van der Waals surface area (Å²) in [6.07, 6.45) is 1.59. The molecule has 0 bridgehead atoms. The first kappa shape index (κ1) is 8.53. The third kappa shape index (κ3) is 1.09. The maximum Gasteiger partial charge on any atom is 0.312 e. The molecule has 3 nitrogen and oxygen atoms in total. The van der Waals surface area contributed by atoms with Gasteiger partial charge in [-0.3, -0.25) is 4.79 Å². The monoisotopic (exact) mass is 201 g/mol. The molecular formula is C12H11NO2. The molecule has 0 spiro atoms. The lowest BCUT2D eigenvalue weighted by Crippen LogP contribution is -2.08. The second-order valence-corrected chi connectivity index (χ2v) is 3.99.